The molecule has 0 aliphatic carbocycles. The van der Waals surface area contributed by atoms with Crippen LogP contribution >= 0.6 is 11.6 Å². The summed E-state index contributed by atoms with van der Waals surface area (Å²) in [6, 6.07) is 30.9. The van der Waals surface area contributed by atoms with Gasteiger partial charge in [-0.1, -0.05) is 66.2 Å². The van der Waals surface area contributed by atoms with E-state index in [1.54, 1.807) is 42.5 Å². The summed E-state index contributed by atoms with van der Waals surface area (Å²) in [6.07, 6.45) is 0. The molecule has 6 nitrogen and oxygen atoms in total. The number of benzene rings is 4. The fourth-order valence-corrected chi connectivity index (χ4v) is 4.31. The van der Waals surface area contributed by atoms with E-state index < -0.39 is 11.9 Å². The topological polar surface area (TPSA) is 94.6 Å². The van der Waals surface area contributed by atoms with Gasteiger partial charge in [0.2, 0.25) is 5.88 Å². The van der Waals surface area contributed by atoms with Crippen LogP contribution in [0.15, 0.2) is 109 Å². The van der Waals surface area contributed by atoms with E-state index in [9.17, 15) is 10.1 Å². The van der Waals surface area contributed by atoms with Gasteiger partial charge in [-0.2, -0.15) is 5.26 Å². The Labute approximate surface area is 219 Å². The van der Waals surface area contributed by atoms with Crippen LogP contribution in [0.4, 0.5) is 0 Å². The Kier molecular flexibility index (Phi) is 6.80. The zero-order valence-electron chi connectivity index (χ0n) is 19.6. The highest BCUT2D eigenvalue weighted by molar-refractivity contribution is 6.31. The fraction of sp³-hybridized carbons (Fsp3) is 0.0667. The lowest BCUT2D eigenvalue weighted by molar-refractivity contribution is 0.0734. The number of fused-ring (bicyclic) bond motifs is 1. The number of rotatable bonds is 6. The van der Waals surface area contributed by atoms with Crippen molar-refractivity contribution in [1.82, 2.24) is 0 Å². The molecule has 4 aromatic rings. The molecular formula is C30H21ClN2O4. The number of carbonyl (C=O) groups excluding carboxylic acids is 1. The molecule has 1 atom stereocenters. The molecule has 37 heavy (non-hydrogen) atoms. The zero-order valence-corrected chi connectivity index (χ0v) is 20.3. The summed E-state index contributed by atoms with van der Waals surface area (Å²) >= 11 is 6.21. The first kappa shape index (κ1) is 24.0. The summed E-state index contributed by atoms with van der Waals surface area (Å²) in [5.41, 5.74) is 9.31. The van der Waals surface area contributed by atoms with E-state index in [4.69, 9.17) is 31.5 Å². The fourth-order valence-electron chi connectivity index (χ4n) is 4.12. The maximum Gasteiger partial charge on any atom is 0.343 e. The van der Waals surface area contributed by atoms with Gasteiger partial charge in [-0.15, -0.1) is 0 Å². The second-order valence-corrected chi connectivity index (χ2v) is 8.74. The minimum absolute atomic E-state index is 0.00517. The molecule has 0 spiro atoms. The Hall–Kier alpha value is -4.73. The highest BCUT2D eigenvalue weighted by atomic mass is 35.5. The molecule has 0 radical (unpaired) electrons. The van der Waals surface area contributed by atoms with E-state index in [0.717, 1.165) is 16.7 Å². The van der Waals surface area contributed by atoms with E-state index in [1.807, 2.05) is 54.6 Å². The first-order chi connectivity index (χ1) is 18.0. The van der Waals surface area contributed by atoms with Crippen molar-refractivity contribution in [2.24, 2.45) is 5.73 Å². The standard InChI is InChI=1S/C30H21ClN2O4/c31-26-9-5-4-8-21(26)18-35-22-12-10-19(11-13-22)28-24-15-14-23(16-27(24)37-29(33)25(28)17-32)36-30(34)20-6-2-1-3-7-20/h1-16,28H,18,33H2. The molecule has 0 bridgehead atoms. The molecule has 0 aromatic heterocycles. The SMILES string of the molecule is N#CC1=C(N)Oc2cc(OC(=O)c3ccccc3)ccc2C1c1ccc(OCc2ccccc2Cl)cc1. The molecule has 1 heterocycles. The third-order valence-electron chi connectivity index (χ3n) is 5.98. The molecule has 2 N–H and O–H groups in total. The lowest BCUT2D eigenvalue weighted by atomic mass is 9.83. The average molecular weight is 509 g/mol. The minimum atomic E-state index is -0.485. The summed E-state index contributed by atoms with van der Waals surface area (Å²) in [4.78, 5) is 12.5. The molecule has 182 valence electrons. The number of nitrogens with two attached hydrogens (primary N) is 1. The lowest BCUT2D eigenvalue weighted by Gasteiger charge is -2.26. The third kappa shape index (κ3) is 5.13. The third-order valence-corrected chi connectivity index (χ3v) is 6.34. The predicted octanol–water partition coefficient (Wildman–Crippen LogP) is 6.36. The second kappa shape index (κ2) is 10.5. The zero-order chi connectivity index (χ0) is 25.8. The number of nitriles is 1. The number of ether oxygens (including phenoxy) is 3. The van der Waals surface area contributed by atoms with Gasteiger partial charge in [-0.25, -0.2) is 4.79 Å². The van der Waals surface area contributed by atoms with Crippen LogP contribution in [0.25, 0.3) is 0 Å². The number of allylic oxidation sites excluding steroid dienone is 1. The molecule has 5 rings (SSSR count). The number of esters is 1. The average Bonchev–Trinajstić information content (AvgIpc) is 2.92. The Balaban J connectivity index is 1.39. The summed E-state index contributed by atoms with van der Waals surface area (Å²) < 4.78 is 17.1. The Morgan fingerprint density at radius 2 is 1.65 bits per heavy atom. The van der Waals surface area contributed by atoms with Gasteiger partial charge in [0.05, 0.1) is 11.5 Å². The van der Waals surface area contributed by atoms with Crippen LogP contribution in [0.3, 0.4) is 0 Å². The normalized spacial score (nSPS) is 14.2. The van der Waals surface area contributed by atoms with Crippen molar-refractivity contribution in [3.8, 4) is 23.3 Å². The molecule has 0 saturated carbocycles. The van der Waals surface area contributed by atoms with Crippen LogP contribution in [0.5, 0.6) is 17.2 Å². The van der Waals surface area contributed by atoms with Crippen molar-refractivity contribution in [2.75, 3.05) is 0 Å². The Morgan fingerprint density at radius 3 is 2.38 bits per heavy atom. The van der Waals surface area contributed by atoms with Gasteiger partial charge < -0.3 is 19.9 Å². The lowest BCUT2D eigenvalue weighted by Crippen LogP contribution is -2.21. The number of carbonyl (C=O) groups is 1. The van der Waals surface area contributed by atoms with Crippen molar-refractivity contribution in [2.45, 2.75) is 12.5 Å². The van der Waals surface area contributed by atoms with E-state index in [-0.39, 0.29) is 5.88 Å². The van der Waals surface area contributed by atoms with E-state index in [2.05, 4.69) is 6.07 Å². The molecule has 7 heteroatoms. The number of nitrogens with zero attached hydrogens (tertiary/aromatic N) is 1. The summed E-state index contributed by atoms with van der Waals surface area (Å²) in [7, 11) is 0. The van der Waals surface area contributed by atoms with Crippen molar-refractivity contribution >= 4 is 17.6 Å². The molecule has 0 fully saturated rings. The molecule has 1 unspecified atom stereocenters. The van der Waals surface area contributed by atoms with Gasteiger partial charge in [0.25, 0.3) is 0 Å². The van der Waals surface area contributed by atoms with E-state index in [0.29, 0.717) is 40.0 Å². The van der Waals surface area contributed by atoms with Gasteiger partial charge in [-0.3, -0.25) is 0 Å². The van der Waals surface area contributed by atoms with Crippen LogP contribution in [-0.2, 0) is 6.61 Å². The largest absolute Gasteiger partial charge is 0.489 e. The van der Waals surface area contributed by atoms with Crippen LogP contribution < -0.4 is 19.9 Å². The molecular weight excluding hydrogens is 488 g/mol. The molecule has 0 saturated heterocycles. The van der Waals surface area contributed by atoms with E-state index >= 15 is 0 Å². The summed E-state index contributed by atoms with van der Waals surface area (Å²) in [5, 5.41) is 10.5. The monoisotopic (exact) mass is 508 g/mol. The van der Waals surface area contributed by atoms with Crippen molar-refractivity contribution < 1.29 is 19.0 Å². The first-order valence-electron chi connectivity index (χ1n) is 11.5. The highest BCUT2D eigenvalue weighted by Gasteiger charge is 2.31. The van der Waals surface area contributed by atoms with E-state index in [1.165, 1.54) is 0 Å². The second-order valence-electron chi connectivity index (χ2n) is 8.33. The van der Waals surface area contributed by atoms with Crippen molar-refractivity contribution in [3.63, 3.8) is 0 Å². The number of hydrogen-bond acceptors (Lipinski definition) is 6. The maximum atomic E-state index is 12.5. The number of halogens is 1. The van der Waals surface area contributed by atoms with Crippen LogP contribution in [0.2, 0.25) is 5.02 Å². The summed E-state index contributed by atoms with van der Waals surface area (Å²) in [6.45, 7) is 0.333. The molecule has 4 aromatic carbocycles. The minimum Gasteiger partial charge on any atom is -0.489 e. The van der Waals surface area contributed by atoms with Gasteiger partial charge in [0.15, 0.2) is 0 Å². The highest BCUT2D eigenvalue weighted by Crippen LogP contribution is 2.43. The van der Waals surface area contributed by atoms with Gasteiger partial charge >= 0.3 is 5.97 Å². The van der Waals surface area contributed by atoms with Crippen molar-refractivity contribution in [3.05, 3.63) is 136 Å². The van der Waals surface area contributed by atoms with Crippen LogP contribution in [-0.4, -0.2) is 5.97 Å². The molecule has 0 amide bonds. The van der Waals surface area contributed by atoms with Gasteiger partial charge in [0.1, 0.15) is 35.5 Å². The van der Waals surface area contributed by atoms with Crippen molar-refractivity contribution in [1.29, 1.82) is 5.26 Å². The summed E-state index contributed by atoms with van der Waals surface area (Å²) in [5.74, 6) is 0.453. The Bertz CT molecular complexity index is 1530. The smallest absolute Gasteiger partial charge is 0.343 e. The first-order valence-corrected chi connectivity index (χ1v) is 11.9. The van der Waals surface area contributed by atoms with Gasteiger partial charge in [-0.05, 0) is 42.0 Å². The van der Waals surface area contributed by atoms with Crippen LogP contribution in [0, 0.1) is 11.3 Å². The molecule has 1 aliphatic heterocycles. The molecule has 1 aliphatic rings. The van der Waals surface area contributed by atoms with Gasteiger partial charge in [0, 0.05) is 22.2 Å². The Morgan fingerprint density at radius 1 is 0.946 bits per heavy atom. The quantitative estimate of drug-likeness (QED) is 0.240. The van der Waals surface area contributed by atoms with Crippen LogP contribution in [0.1, 0.15) is 33.0 Å². The maximum absolute atomic E-state index is 12.5. The number of hydrogen-bond donors (Lipinski definition) is 1. The predicted molar refractivity (Wildman–Crippen MR) is 139 cm³/mol.